The largest absolute Gasteiger partial charge is 0.472 e. The van der Waals surface area contributed by atoms with Crippen molar-refractivity contribution in [2.45, 2.75) is 13.8 Å². The van der Waals surface area contributed by atoms with Gasteiger partial charge in [0.25, 0.3) is 0 Å². The molecule has 7 nitrogen and oxygen atoms in total. The van der Waals surface area contributed by atoms with Gasteiger partial charge in [0.2, 0.25) is 11.8 Å². The van der Waals surface area contributed by atoms with Gasteiger partial charge in [0.15, 0.2) is 0 Å². The van der Waals surface area contributed by atoms with E-state index < -0.39 is 5.97 Å². The molecule has 0 unspecified atom stereocenters. The van der Waals surface area contributed by atoms with Crippen LogP contribution in [-0.2, 0) is 14.3 Å². The number of hydrogen-bond acceptors (Lipinski definition) is 6. The molecule has 2 amide bonds. The SMILES string of the molecule is CCN(C(=O)CSCC(=O)Nc1ccc(Cl)cc1C(=O)OC)c1cc(-c2ccoc2)ccc1C. The number of ether oxygens (including phenoxy) is 1. The first-order valence-electron chi connectivity index (χ1n) is 10.5. The number of anilines is 2. The van der Waals surface area contributed by atoms with E-state index in [0.29, 0.717) is 17.3 Å². The lowest BCUT2D eigenvalue weighted by atomic mass is 10.0. The summed E-state index contributed by atoms with van der Waals surface area (Å²) < 4.78 is 9.91. The topological polar surface area (TPSA) is 88.9 Å². The van der Waals surface area contributed by atoms with Crippen molar-refractivity contribution in [2.75, 3.05) is 35.4 Å². The van der Waals surface area contributed by atoms with Crippen molar-refractivity contribution in [3.05, 3.63) is 71.1 Å². The Kier molecular flexibility index (Phi) is 8.79. The Labute approximate surface area is 207 Å². The fraction of sp³-hybridized carbons (Fsp3) is 0.240. The van der Waals surface area contributed by atoms with Crippen molar-refractivity contribution >= 4 is 52.5 Å². The normalized spacial score (nSPS) is 10.6. The molecular weight excluding hydrogens is 476 g/mol. The molecule has 3 rings (SSSR count). The Morgan fingerprint density at radius 2 is 1.88 bits per heavy atom. The second-order valence-corrected chi connectivity index (χ2v) is 8.80. The van der Waals surface area contributed by atoms with Gasteiger partial charge in [-0.05, 0) is 55.3 Å². The Hall–Kier alpha value is -3.23. The van der Waals surface area contributed by atoms with Gasteiger partial charge in [0.05, 0.1) is 42.4 Å². The van der Waals surface area contributed by atoms with Gasteiger partial charge in [-0.25, -0.2) is 4.79 Å². The number of amides is 2. The Balaban J connectivity index is 1.62. The number of benzene rings is 2. The predicted octanol–water partition coefficient (Wildman–Crippen LogP) is 5.42. The standard InChI is InChI=1S/C25H25ClN2O5S/c1-4-28(22-11-17(6-5-16(22)2)18-9-10-33-13-18)24(30)15-34-14-23(29)27-21-8-7-19(26)12-20(21)25(31)32-3/h5-13H,4,14-15H2,1-3H3,(H,27,29). The number of thioether (sulfide) groups is 1. The van der Waals surface area contributed by atoms with Crippen LogP contribution in [0.2, 0.25) is 5.02 Å². The van der Waals surface area contributed by atoms with E-state index in [1.54, 1.807) is 23.5 Å². The van der Waals surface area contributed by atoms with E-state index in [1.165, 1.54) is 31.0 Å². The van der Waals surface area contributed by atoms with Crippen molar-refractivity contribution in [2.24, 2.45) is 0 Å². The first-order valence-corrected chi connectivity index (χ1v) is 12.1. The lowest BCUT2D eigenvalue weighted by molar-refractivity contribution is -0.116. The van der Waals surface area contributed by atoms with E-state index in [4.69, 9.17) is 20.8 Å². The number of carbonyl (C=O) groups excluding carboxylic acids is 3. The maximum Gasteiger partial charge on any atom is 0.340 e. The summed E-state index contributed by atoms with van der Waals surface area (Å²) in [5.74, 6) is -0.880. The number of rotatable bonds is 9. The zero-order valence-corrected chi connectivity index (χ0v) is 20.7. The molecule has 0 spiro atoms. The molecular formula is C25H25ClN2O5S. The highest BCUT2D eigenvalue weighted by Gasteiger charge is 2.19. The summed E-state index contributed by atoms with van der Waals surface area (Å²) in [5, 5.41) is 3.03. The van der Waals surface area contributed by atoms with Crippen LogP contribution in [0.5, 0.6) is 0 Å². The van der Waals surface area contributed by atoms with E-state index in [9.17, 15) is 14.4 Å². The van der Waals surface area contributed by atoms with Crippen LogP contribution < -0.4 is 10.2 Å². The molecule has 1 N–H and O–H groups in total. The van der Waals surface area contributed by atoms with Gasteiger partial charge in [-0.3, -0.25) is 9.59 Å². The number of furan rings is 1. The average Bonchev–Trinajstić information content (AvgIpc) is 3.36. The van der Waals surface area contributed by atoms with Crippen LogP contribution in [0.3, 0.4) is 0 Å². The van der Waals surface area contributed by atoms with Crippen molar-refractivity contribution < 1.29 is 23.5 Å². The maximum atomic E-state index is 13.0. The van der Waals surface area contributed by atoms with Crippen molar-refractivity contribution in [1.82, 2.24) is 0 Å². The zero-order chi connectivity index (χ0) is 24.7. The molecule has 0 aliphatic heterocycles. The summed E-state index contributed by atoms with van der Waals surface area (Å²) in [6, 6.07) is 12.3. The van der Waals surface area contributed by atoms with E-state index in [-0.39, 0.29) is 28.9 Å². The van der Waals surface area contributed by atoms with Crippen LogP contribution in [0.15, 0.2) is 59.4 Å². The van der Waals surface area contributed by atoms with Crippen LogP contribution in [0.1, 0.15) is 22.8 Å². The molecule has 0 radical (unpaired) electrons. The first kappa shape index (κ1) is 25.4. The lowest BCUT2D eigenvalue weighted by Crippen LogP contribution is -2.33. The first-order chi connectivity index (χ1) is 16.3. The number of carbonyl (C=O) groups is 3. The number of hydrogen-bond donors (Lipinski definition) is 1. The summed E-state index contributed by atoms with van der Waals surface area (Å²) in [5.41, 5.74) is 4.15. The second kappa shape index (κ2) is 11.8. The van der Waals surface area contributed by atoms with Crippen molar-refractivity contribution in [3.8, 4) is 11.1 Å². The van der Waals surface area contributed by atoms with Gasteiger partial charge >= 0.3 is 5.97 Å². The molecule has 0 fully saturated rings. The molecule has 2 aromatic carbocycles. The van der Waals surface area contributed by atoms with Crippen LogP contribution in [0, 0.1) is 6.92 Å². The summed E-state index contributed by atoms with van der Waals surface area (Å²) in [6.07, 6.45) is 3.27. The van der Waals surface area contributed by atoms with Crippen molar-refractivity contribution in [3.63, 3.8) is 0 Å². The quantitative estimate of drug-likeness (QED) is 0.395. The van der Waals surface area contributed by atoms with E-state index in [1.807, 2.05) is 38.1 Å². The van der Waals surface area contributed by atoms with E-state index >= 15 is 0 Å². The van der Waals surface area contributed by atoms with Gasteiger partial charge in [0.1, 0.15) is 0 Å². The molecule has 3 aromatic rings. The highest BCUT2D eigenvalue weighted by molar-refractivity contribution is 8.00. The molecule has 178 valence electrons. The van der Waals surface area contributed by atoms with Gasteiger partial charge in [-0.2, -0.15) is 0 Å². The average molecular weight is 501 g/mol. The predicted molar refractivity (Wildman–Crippen MR) is 136 cm³/mol. The summed E-state index contributed by atoms with van der Waals surface area (Å²) in [6.45, 7) is 4.36. The monoisotopic (exact) mass is 500 g/mol. The molecule has 0 bridgehead atoms. The van der Waals surface area contributed by atoms with Crippen LogP contribution in [0.25, 0.3) is 11.1 Å². The third-order valence-electron chi connectivity index (χ3n) is 5.09. The molecule has 0 aliphatic rings. The maximum absolute atomic E-state index is 13.0. The molecule has 34 heavy (non-hydrogen) atoms. The minimum Gasteiger partial charge on any atom is -0.472 e. The summed E-state index contributed by atoms with van der Waals surface area (Å²) in [4.78, 5) is 39.0. The van der Waals surface area contributed by atoms with E-state index in [2.05, 4.69) is 5.32 Å². The number of esters is 1. The Morgan fingerprint density at radius 3 is 2.56 bits per heavy atom. The van der Waals surface area contributed by atoms with Crippen LogP contribution in [-0.4, -0.2) is 42.9 Å². The number of halogens is 1. The molecule has 0 saturated heterocycles. The molecule has 1 heterocycles. The molecule has 0 saturated carbocycles. The third-order valence-corrected chi connectivity index (χ3v) is 6.24. The highest BCUT2D eigenvalue weighted by Crippen LogP contribution is 2.29. The van der Waals surface area contributed by atoms with E-state index in [0.717, 1.165) is 22.4 Å². The lowest BCUT2D eigenvalue weighted by Gasteiger charge is -2.23. The van der Waals surface area contributed by atoms with Crippen LogP contribution in [0.4, 0.5) is 11.4 Å². The zero-order valence-electron chi connectivity index (χ0n) is 19.1. The van der Waals surface area contributed by atoms with Crippen molar-refractivity contribution in [1.29, 1.82) is 0 Å². The number of nitrogens with zero attached hydrogens (tertiary/aromatic N) is 1. The van der Waals surface area contributed by atoms with Gasteiger partial charge in [-0.1, -0.05) is 23.7 Å². The molecule has 1 aromatic heterocycles. The van der Waals surface area contributed by atoms with Gasteiger partial charge in [-0.15, -0.1) is 11.8 Å². The fourth-order valence-electron chi connectivity index (χ4n) is 3.39. The Morgan fingerprint density at radius 1 is 1.09 bits per heavy atom. The molecule has 0 atom stereocenters. The smallest absolute Gasteiger partial charge is 0.340 e. The summed E-state index contributed by atoms with van der Waals surface area (Å²) in [7, 11) is 1.25. The number of methoxy groups -OCH3 is 1. The fourth-order valence-corrected chi connectivity index (χ4v) is 4.25. The summed E-state index contributed by atoms with van der Waals surface area (Å²) >= 11 is 7.14. The second-order valence-electron chi connectivity index (χ2n) is 7.37. The molecule has 0 aliphatic carbocycles. The minimum absolute atomic E-state index is 0.0422. The Bertz CT molecular complexity index is 1180. The number of aryl methyl sites for hydroxylation is 1. The van der Waals surface area contributed by atoms with Gasteiger partial charge in [0, 0.05) is 22.8 Å². The highest BCUT2D eigenvalue weighted by atomic mass is 35.5. The third kappa shape index (κ3) is 6.21. The number of nitrogens with one attached hydrogen (secondary N) is 1. The van der Waals surface area contributed by atoms with Gasteiger partial charge < -0.3 is 19.4 Å². The molecule has 9 heteroatoms. The van der Waals surface area contributed by atoms with Crippen LogP contribution >= 0.6 is 23.4 Å². The minimum atomic E-state index is -0.604.